The molecule has 1 saturated heterocycles. The number of rotatable bonds is 6. The van der Waals surface area contributed by atoms with Gasteiger partial charge in [0, 0.05) is 53.9 Å². The van der Waals surface area contributed by atoms with Crippen molar-refractivity contribution in [3.8, 4) is 11.5 Å². The zero-order valence-corrected chi connectivity index (χ0v) is 16.6. The number of benzene rings is 1. The number of likely N-dealkylation sites (tertiary alicyclic amines) is 1. The number of H-pyrrole nitrogens is 1. The summed E-state index contributed by atoms with van der Waals surface area (Å²) in [6, 6.07) is 6.26. The van der Waals surface area contributed by atoms with E-state index in [4.69, 9.17) is 9.47 Å². The third-order valence-electron chi connectivity index (χ3n) is 5.26. The zero-order chi connectivity index (χ0) is 19.4. The van der Waals surface area contributed by atoms with Crippen LogP contribution in [0.2, 0.25) is 0 Å². The molecule has 2 heterocycles. The van der Waals surface area contributed by atoms with E-state index >= 15 is 0 Å². The number of hydrogen-bond donors (Lipinski definition) is 2. The van der Waals surface area contributed by atoms with E-state index in [9.17, 15) is 4.79 Å². The predicted octanol–water partition coefficient (Wildman–Crippen LogP) is 3.09. The number of nitrogens with one attached hydrogen (secondary N) is 2. The summed E-state index contributed by atoms with van der Waals surface area (Å²) in [5, 5.41) is 3.61. The molecule has 1 aliphatic rings. The lowest BCUT2D eigenvalue weighted by atomic mass is 10.0. The molecule has 1 aromatic carbocycles. The Morgan fingerprint density at radius 1 is 1.22 bits per heavy atom. The first kappa shape index (κ1) is 19.3. The van der Waals surface area contributed by atoms with Crippen molar-refractivity contribution >= 4 is 5.69 Å². The van der Waals surface area contributed by atoms with Crippen molar-refractivity contribution in [2.24, 2.45) is 0 Å². The second-order valence-electron chi connectivity index (χ2n) is 7.19. The van der Waals surface area contributed by atoms with Crippen LogP contribution in [0.5, 0.6) is 11.5 Å². The van der Waals surface area contributed by atoms with Gasteiger partial charge in [0.2, 0.25) is 0 Å². The molecular formula is C21H29N3O3. The Bertz CT molecular complexity index is 847. The van der Waals surface area contributed by atoms with E-state index in [0.717, 1.165) is 66.5 Å². The summed E-state index contributed by atoms with van der Waals surface area (Å²) in [4.78, 5) is 17.9. The van der Waals surface area contributed by atoms with Crippen LogP contribution in [0.1, 0.15) is 29.7 Å². The topological polar surface area (TPSA) is 66.6 Å². The van der Waals surface area contributed by atoms with Crippen LogP contribution in [0.3, 0.4) is 0 Å². The van der Waals surface area contributed by atoms with Gasteiger partial charge in [-0.2, -0.15) is 0 Å². The number of aromatic nitrogens is 1. The number of piperidine rings is 1. The van der Waals surface area contributed by atoms with Gasteiger partial charge in [0.15, 0.2) is 16.9 Å². The molecule has 0 spiro atoms. The van der Waals surface area contributed by atoms with Crippen LogP contribution in [-0.2, 0) is 6.54 Å². The Hall–Kier alpha value is -2.47. The van der Waals surface area contributed by atoms with Crippen molar-refractivity contribution < 1.29 is 9.47 Å². The van der Waals surface area contributed by atoms with Crippen LogP contribution in [-0.4, -0.2) is 43.2 Å². The van der Waals surface area contributed by atoms with Crippen molar-refractivity contribution in [2.45, 2.75) is 39.3 Å². The second-order valence-corrected chi connectivity index (χ2v) is 7.19. The third kappa shape index (κ3) is 4.45. The average molecular weight is 371 g/mol. The molecule has 1 aliphatic heterocycles. The van der Waals surface area contributed by atoms with Crippen molar-refractivity contribution in [3.63, 3.8) is 0 Å². The molecule has 0 saturated carbocycles. The maximum atomic E-state index is 12.2. The Morgan fingerprint density at radius 2 is 2.00 bits per heavy atom. The van der Waals surface area contributed by atoms with Crippen LogP contribution in [0.15, 0.2) is 29.2 Å². The van der Waals surface area contributed by atoms with E-state index in [1.54, 1.807) is 14.2 Å². The van der Waals surface area contributed by atoms with E-state index in [0.29, 0.717) is 6.04 Å². The number of aromatic amines is 1. The molecule has 146 valence electrons. The first-order valence-corrected chi connectivity index (χ1v) is 9.40. The fourth-order valence-corrected chi connectivity index (χ4v) is 3.67. The molecule has 0 unspecified atom stereocenters. The maximum Gasteiger partial charge on any atom is 0.187 e. The summed E-state index contributed by atoms with van der Waals surface area (Å²) in [5.41, 5.74) is 3.77. The second kappa shape index (κ2) is 8.48. The average Bonchev–Trinajstić information content (AvgIpc) is 2.68. The van der Waals surface area contributed by atoms with Gasteiger partial charge < -0.3 is 19.8 Å². The van der Waals surface area contributed by atoms with Gasteiger partial charge in [-0.3, -0.25) is 9.69 Å². The molecule has 6 heteroatoms. The first-order chi connectivity index (χ1) is 13.0. The fourth-order valence-electron chi connectivity index (χ4n) is 3.67. The highest BCUT2D eigenvalue weighted by Gasteiger charge is 2.21. The summed E-state index contributed by atoms with van der Waals surface area (Å²) >= 11 is 0. The molecular weight excluding hydrogens is 342 g/mol. The van der Waals surface area contributed by atoms with Crippen molar-refractivity contribution in [3.05, 3.63) is 51.4 Å². The summed E-state index contributed by atoms with van der Waals surface area (Å²) < 4.78 is 10.7. The molecule has 27 heavy (non-hydrogen) atoms. The number of anilines is 1. The highest BCUT2D eigenvalue weighted by atomic mass is 16.5. The van der Waals surface area contributed by atoms with Crippen molar-refractivity contribution in [1.29, 1.82) is 0 Å². The molecule has 3 rings (SSSR count). The van der Waals surface area contributed by atoms with E-state index in [1.165, 1.54) is 0 Å². The minimum absolute atomic E-state index is 0.140. The van der Waals surface area contributed by atoms with E-state index in [1.807, 2.05) is 38.2 Å². The summed E-state index contributed by atoms with van der Waals surface area (Å²) in [6.45, 7) is 6.50. The van der Waals surface area contributed by atoms with Gasteiger partial charge in [-0.1, -0.05) is 0 Å². The van der Waals surface area contributed by atoms with Crippen LogP contribution in [0, 0.1) is 13.8 Å². The standard InChI is InChI=1S/C21H29N3O3/c1-14-11-22-18(15(2)21(14)25)13-24-9-5-6-17(12-24)23-16-7-8-19(26-3)20(10-16)27-4/h7-8,10-11,17,23H,5-6,9,12-13H2,1-4H3,(H,22,25)/t17-/m0/s1. The Kier molecular flexibility index (Phi) is 6.06. The van der Waals surface area contributed by atoms with Gasteiger partial charge in [0.1, 0.15) is 0 Å². The van der Waals surface area contributed by atoms with E-state index < -0.39 is 0 Å². The van der Waals surface area contributed by atoms with Crippen molar-refractivity contribution in [2.75, 3.05) is 32.6 Å². The molecule has 0 amide bonds. The molecule has 6 nitrogen and oxygen atoms in total. The molecule has 1 atom stereocenters. The van der Waals surface area contributed by atoms with Crippen LogP contribution >= 0.6 is 0 Å². The summed E-state index contributed by atoms with van der Waals surface area (Å²) in [7, 11) is 3.29. The first-order valence-electron chi connectivity index (χ1n) is 9.40. The minimum atomic E-state index is 0.140. The van der Waals surface area contributed by atoms with Gasteiger partial charge in [-0.15, -0.1) is 0 Å². The predicted molar refractivity (Wildman–Crippen MR) is 108 cm³/mol. The van der Waals surface area contributed by atoms with Gasteiger partial charge in [-0.25, -0.2) is 0 Å². The minimum Gasteiger partial charge on any atom is -0.493 e. The molecule has 2 aromatic rings. The highest BCUT2D eigenvalue weighted by molar-refractivity contribution is 5.55. The molecule has 1 aromatic heterocycles. The lowest BCUT2D eigenvalue weighted by molar-refractivity contribution is 0.206. The van der Waals surface area contributed by atoms with Gasteiger partial charge in [-0.05, 0) is 45.4 Å². The van der Waals surface area contributed by atoms with Gasteiger partial charge in [0.25, 0.3) is 0 Å². The molecule has 2 N–H and O–H groups in total. The summed E-state index contributed by atoms with van der Waals surface area (Å²) in [6.07, 6.45) is 4.06. The number of aryl methyl sites for hydroxylation is 1. The lowest BCUT2D eigenvalue weighted by Gasteiger charge is -2.34. The summed E-state index contributed by atoms with van der Waals surface area (Å²) in [5.74, 6) is 1.45. The highest BCUT2D eigenvalue weighted by Crippen LogP contribution is 2.30. The van der Waals surface area contributed by atoms with Crippen LogP contribution < -0.4 is 20.2 Å². The fraction of sp³-hybridized carbons (Fsp3) is 0.476. The molecule has 0 radical (unpaired) electrons. The third-order valence-corrected chi connectivity index (χ3v) is 5.26. The number of pyridine rings is 1. The SMILES string of the molecule is COc1ccc(N[C@H]2CCCN(Cc3[nH]cc(C)c(=O)c3C)C2)cc1OC. The van der Waals surface area contributed by atoms with Crippen molar-refractivity contribution in [1.82, 2.24) is 9.88 Å². The molecule has 0 aliphatic carbocycles. The molecule has 0 bridgehead atoms. The number of hydrogen-bond acceptors (Lipinski definition) is 5. The molecule has 1 fully saturated rings. The normalized spacial score (nSPS) is 17.6. The quantitative estimate of drug-likeness (QED) is 0.817. The lowest BCUT2D eigenvalue weighted by Crippen LogP contribution is -2.42. The smallest absolute Gasteiger partial charge is 0.187 e. The van der Waals surface area contributed by atoms with Gasteiger partial charge >= 0.3 is 0 Å². The maximum absolute atomic E-state index is 12.2. The Morgan fingerprint density at radius 3 is 2.74 bits per heavy atom. The van der Waals surface area contributed by atoms with Crippen LogP contribution in [0.25, 0.3) is 0 Å². The Balaban J connectivity index is 1.66. The largest absolute Gasteiger partial charge is 0.493 e. The number of nitrogens with zero attached hydrogens (tertiary/aromatic N) is 1. The number of methoxy groups -OCH3 is 2. The number of ether oxygens (including phenoxy) is 2. The zero-order valence-electron chi connectivity index (χ0n) is 16.6. The van der Waals surface area contributed by atoms with E-state index in [-0.39, 0.29) is 5.43 Å². The van der Waals surface area contributed by atoms with Crippen LogP contribution in [0.4, 0.5) is 5.69 Å². The monoisotopic (exact) mass is 371 g/mol. The Labute approximate surface area is 160 Å². The van der Waals surface area contributed by atoms with Gasteiger partial charge in [0.05, 0.1) is 14.2 Å². The van der Waals surface area contributed by atoms with E-state index in [2.05, 4.69) is 15.2 Å².